The summed E-state index contributed by atoms with van der Waals surface area (Å²) in [6.45, 7) is 2.88. The number of aromatic nitrogens is 1. The summed E-state index contributed by atoms with van der Waals surface area (Å²) >= 11 is 0. The van der Waals surface area contributed by atoms with Crippen LogP contribution in [0.4, 0.5) is 0 Å². The average Bonchev–Trinajstić information content (AvgIpc) is 3.22. The highest BCUT2D eigenvalue weighted by Gasteiger charge is 2.20. The molecule has 3 heteroatoms. The molecule has 3 nitrogen and oxygen atoms in total. The lowest BCUT2D eigenvalue weighted by Gasteiger charge is -2.10. The van der Waals surface area contributed by atoms with E-state index in [-0.39, 0.29) is 0 Å². The molecule has 3 rings (SSSR count). The summed E-state index contributed by atoms with van der Waals surface area (Å²) in [5.74, 6) is 1.53. The molecule has 0 unspecified atom stereocenters. The molecule has 0 radical (unpaired) electrons. The van der Waals surface area contributed by atoms with Crippen LogP contribution in [0.3, 0.4) is 0 Å². The van der Waals surface area contributed by atoms with Crippen LogP contribution in [0.1, 0.15) is 24.0 Å². The third-order valence-corrected chi connectivity index (χ3v) is 3.21. The number of benzene rings is 1. The SMILES string of the molecule is Cc1cccc(Oc2ncccc2CNC2CC2)c1. The topological polar surface area (TPSA) is 34.1 Å². The standard InChI is InChI=1S/C16H18N2O/c1-12-4-2-6-15(10-12)19-16-13(5-3-9-17-16)11-18-14-7-8-14/h2-6,9-10,14,18H,7-8,11H2,1H3. The van der Waals surface area contributed by atoms with Crippen molar-refractivity contribution in [3.63, 3.8) is 0 Å². The zero-order valence-corrected chi connectivity index (χ0v) is 11.1. The average molecular weight is 254 g/mol. The van der Waals surface area contributed by atoms with E-state index in [0.29, 0.717) is 11.9 Å². The number of rotatable bonds is 5. The Bertz CT molecular complexity index is 564. The predicted octanol–water partition coefficient (Wildman–Crippen LogP) is 3.43. The number of pyridine rings is 1. The Morgan fingerprint density at radius 1 is 1.26 bits per heavy atom. The van der Waals surface area contributed by atoms with E-state index in [1.165, 1.54) is 18.4 Å². The smallest absolute Gasteiger partial charge is 0.223 e. The molecule has 98 valence electrons. The van der Waals surface area contributed by atoms with Crippen molar-refractivity contribution in [2.45, 2.75) is 32.4 Å². The van der Waals surface area contributed by atoms with Gasteiger partial charge in [0.2, 0.25) is 5.88 Å². The molecule has 0 atom stereocenters. The zero-order valence-electron chi connectivity index (χ0n) is 11.1. The van der Waals surface area contributed by atoms with Gasteiger partial charge >= 0.3 is 0 Å². The molecular weight excluding hydrogens is 236 g/mol. The van der Waals surface area contributed by atoms with Gasteiger partial charge in [0.05, 0.1) is 0 Å². The van der Waals surface area contributed by atoms with Crippen molar-refractivity contribution in [2.24, 2.45) is 0 Å². The molecule has 1 aliphatic rings. The van der Waals surface area contributed by atoms with Gasteiger partial charge in [-0.05, 0) is 43.5 Å². The van der Waals surface area contributed by atoms with Gasteiger partial charge in [-0.25, -0.2) is 4.98 Å². The van der Waals surface area contributed by atoms with Gasteiger partial charge in [-0.3, -0.25) is 0 Å². The van der Waals surface area contributed by atoms with Gasteiger partial charge < -0.3 is 10.1 Å². The molecule has 0 amide bonds. The molecule has 19 heavy (non-hydrogen) atoms. The van der Waals surface area contributed by atoms with Crippen LogP contribution in [-0.2, 0) is 6.54 Å². The molecule has 1 aromatic carbocycles. The number of hydrogen-bond acceptors (Lipinski definition) is 3. The summed E-state index contributed by atoms with van der Waals surface area (Å²) < 4.78 is 5.89. The van der Waals surface area contributed by atoms with Crippen LogP contribution in [0.15, 0.2) is 42.6 Å². The first-order valence-corrected chi connectivity index (χ1v) is 6.73. The largest absolute Gasteiger partial charge is 0.439 e. The minimum Gasteiger partial charge on any atom is -0.439 e. The molecule has 1 aromatic heterocycles. The third-order valence-electron chi connectivity index (χ3n) is 3.21. The minimum atomic E-state index is 0.687. The van der Waals surface area contributed by atoms with Crippen LogP contribution in [-0.4, -0.2) is 11.0 Å². The quantitative estimate of drug-likeness (QED) is 0.887. The predicted molar refractivity (Wildman–Crippen MR) is 75.4 cm³/mol. The van der Waals surface area contributed by atoms with E-state index in [1.54, 1.807) is 6.20 Å². The highest BCUT2D eigenvalue weighted by atomic mass is 16.5. The summed E-state index contributed by atoms with van der Waals surface area (Å²) in [4.78, 5) is 4.34. The van der Waals surface area contributed by atoms with E-state index in [9.17, 15) is 0 Å². The van der Waals surface area contributed by atoms with E-state index in [4.69, 9.17) is 4.74 Å². The van der Waals surface area contributed by atoms with Crippen LogP contribution < -0.4 is 10.1 Å². The zero-order chi connectivity index (χ0) is 13.1. The Kier molecular flexibility index (Phi) is 3.47. The molecule has 0 aliphatic heterocycles. The first-order chi connectivity index (χ1) is 9.31. The summed E-state index contributed by atoms with van der Waals surface area (Å²) in [5.41, 5.74) is 2.29. The Labute approximate surface area is 113 Å². The molecule has 0 bridgehead atoms. The van der Waals surface area contributed by atoms with Crippen LogP contribution in [0, 0.1) is 6.92 Å². The Balaban J connectivity index is 1.75. The van der Waals surface area contributed by atoms with Gasteiger partial charge in [0.25, 0.3) is 0 Å². The van der Waals surface area contributed by atoms with Gasteiger partial charge in [-0.15, -0.1) is 0 Å². The lowest BCUT2D eigenvalue weighted by molar-refractivity contribution is 0.452. The second-order valence-electron chi connectivity index (χ2n) is 5.04. The minimum absolute atomic E-state index is 0.687. The Morgan fingerprint density at radius 3 is 2.95 bits per heavy atom. The molecule has 1 heterocycles. The maximum absolute atomic E-state index is 5.89. The van der Waals surface area contributed by atoms with Crippen LogP contribution in [0.5, 0.6) is 11.6 Å². The van der Waals surface area contributed by atoms with Crippen molar-refractivity contribution in [3.05, 3.63) is 53.7 Å². The monoisotopic (exact) mass is 254 g/mol. The van der Waals surface area contributed by atoms with Crippen molar-refractivity contribution in [3.8, 4) is 11.6 Å². The highest BCUT2D eigenvalue weighted by Crippen LogP contribution is 2.25. The summed E-state index contributed by atoms with van der Waals surface area (Å²) in [6, 6.07) is 12.7. The fourth-order valence-corrected chi connectivity index (χ4v) is 1.98. The first-order valence-electron chi connectivity index (χ1n) is 6.73. The van der Waals surface area contributed by atoms with E-state index >= 15 is 0 Å². The summed E-state index contributed by atoms with van der Waals surface area (Å²) in [6.07, 6.45) is 4.34. The molecule has 2 aromatic rings. The van der Waals surface area contributed by atoms with E-state index in [2.05, 4.69) is 29.4 Å². The van der Waals surface area contributed by atoms with Gasteiger partial charge in [0, 0.05) is 24.3 Å². The maximum atomic E-state index is 5.89. The molecule has 1 saturated carbocycles. The van der Waals surface area contributed by atoms with Crippen LogP contribution in [0.2, 0.25) is 0 Å². The Morgan fingerprint density at radius 2 is 2.16 bits per heavy atom. The number of hydrogen-bond donors (Lipinski definition) is 1. The molecule has 0 spiro atoms. The van der Waals surface area contributed by atoms with Gasteiger partial charge in [-0.2, -0.15) is 0 Å². The van der Waals surface area contributed by atoms with Gasteiger partial charge in [0.1, 0.15) is 5.75 Å². The number of nitrogens with one attached hydrogen (secondary N) is 1. The lowest BCUT2D eigenvalue weighted by atomic mass is 10.2. The fraction of sp³-hybridized carbons (Fsp3) is 0.312. The normalized spacial score (nSPS) is 14.4. The lowest BCUT2D eigenvalue weighted by Crippen LogP contribution is -2.16. The van der Waals surface area contributed by atoms with E-state index in [0.717, 1.165) is 17.9 Å². The second kappa shape index (κ2) is 5.41. The van der Waals surface area contributed by atoms with Crippen LogP contribution in [0.25, 0.3) is 0 Å². The summed E-state index contributed by atoms with van der Waals surface area (Å²) in [5, 5.41) is 3.49. The molecule has 1 aliphatic carbocycles. The molecule has 1 fully saturated rings. The summed E-state index contributed by atoms with van der Waals surface area (Å²) in [7, 11) is 0. The molecule has 1 N–H and O–H groups in total. The molecular formula is C16H18N2O. The third kappa shape index (κ3) is 3.32. The van der Waals surface area contributed by atoms with E-state index < -0.39 is 0 Å². The highest BCUT2D eigenvalue weighted by molar-refractivity contribution is 5.34. The van der Waals surface area contributed by atoms with Crippen molar-refractivity contribution < 1.29 is 4.74 Å². The number of ether oxygens (including phenoxy) is 1. The van der Waals surface area contributed by atoms with Gasteiger partial charge in [0.15, 0.2) is 0 Å². The maximum Gasteiger partial charge on any atom is 0.223 e. The number of aryl methyl sites for hydroxylation is 1. The van der Waals surface area contributed by atoms with Crippen LogP contribution >= 0.6 is 0 Å². The fourth-order valence-electron chi connectivity index (χ4n) is 1.98. The van der Waals surface area contributed by atoms with Crippen molar-refractivity contribution in [1.82, 2.24) is 10.3 Å². The Hall–Kier alpha value is -1.87. The van der Waals surface area contributed by atoms with E-state index in [1.807, 2.05) is 24.3 Å². The first kappa shape index (κ1) is 12.2. The molecule has 0 saturated heterocycles. The van der Waals surface area contributed by atoms with Crippen molar-refractivity contribution in [2.75, 3.05) is 0 Å². The van der Waals surface area contributed by atoms with Gasteiger partial charge in [-0.1, -0.05) is 18.2 Å². The van der Waals surface area contributed by atoms with Crippen molar-refractivity contribution in [1.29, 1.82) is 0 Å². The van der Waals surface area contributed by atoms with Crippen molar-refractivity contribution >= 4 is 0 Å². The number of nitrogens with zero attached hydrogens (tertiary/aromatic N) is 1. The second-order valence-corrected chi connectivity index (χ2v) is 5.04.